The number of thioether (sulfide) groups is 1. The van der Waals surface area contributed by atoms with Crippen LogP contribution in [0.15, 0.2) is 46.2 Å². The second-order valence-electron chi connectivity index (χ2n) is 6.67. The van der Waals surface area contributed by atoms with Gasteiger partial charge in [0.05, 0.1) is 10.6 Å². The van der Waals surface area contributed by atoms with Crippen LogP contribution in [-0.2, 0) is 14.8 Å². The Morgan fingerprint density at radius 2 is 1.81 bits per heavy atom. The number of hydrogen-bond acceptors (Lipinski definition) is 4. The summed E-state index contributed by atoms with van der Waals surface area (Å²) in [6.45, 7) is 8.04. The van der Waals surface area contributed by atoms with Gasteiger partial charge in [-0.25, -0.2) is 8.42 Å². The first kappa shape index (κ1) is 18.8. The second-order valence-corrected chi connectivity index (χ2v) is 9.83. The molecule has 0 saturated carbocycles. The molecule has 1 unspecified atom stereocenters. The number of carbonyl (C=O) groups excluding carboxylic acids is 1. The maximum absolute atomic E-state index is 12.8. The first-order chi connectivity index (χ1) is 12.2. The molecular formula is C19H22N2O3S2. The number of benzene rings is 2. The van der Waals surface area contributed by atoms with Crippen molar-refractivity contribution in [1.82, 2.24) is 0 Å². The lowest BCUT2D eigenvalue weighted by Crippen LogP contribution is -2.37. The van der Waals surface area contributed by atoms with E-state index in [0.717, 1.165) is 21.7 Å². The quantitative estimate of drug-likeness (QED) is 0.862. The predicted octanol–water partition coefficient (Wildman–Crippen LogP) is 3.95. The third-order valence-electron chi connectivity index (χ3n) is 4.15. The highest BCUT2D eigenvalue weighted by molar-refractivity contribution is 8.00. The van der Waals surface area contributed by atoms with Crippen molar-refractivity contribution in [3.63, 3.8) is 0 Å². The van der Waals surface area contributed by atoms with E-state index in [4.69, 9.17) is 0 Å². The number of carbonyl (C=O) groups is 1. The lowest BCUT2D eigenvalue weighted by atomic mass is 10.1. The Hall–Kier alpha value is -1.99. The predicted molar refractivity (Wildman–Crippen MR) is 107 cm³/mol. The van der Waals surface area contributed by atoms with Crippen LogP contribution in [0.2, 0.25) is 0 Å². The number of sulfonamides is 1. The van der Waals surface area contributed by atoms with Crippen molar-refractivity contribution in [3.05, 3.63) is 47.5 Å². The summed E-state index contributed by atoms with van der Waals surface area (Å²) < 4.78 is 28.3. The van der Waals surface area contributed by atoms with Gasteiger partial charge in [0.25, 0.3) is 10.0 Å². The topological polar surface area (TPSA) is 66.5 Å². The molecule has 7 heteroatoms. The van der Waals surface area contributed by atoms with E-state index in [1.807, 2.05) is 26.8 Å². The Balaban J connectivity index is 1.96. The zero-order valence-corrected chi connectivity index (χ0v) is 16.9. The zero-order chi connectivity index (χ0) is 19.1. The number of fused-ring (bicyclic) bond motifs is 1. The van der Waals surface area contributed by atoms with Crippen molar-refractivity contribution >= 4 is 39.1 Å². The summed E-state index contributed by atoms with van der Waals surface area (Å²) in [5.74, 6) is -0.0395. The molecule has 2 aromatic carbocycles. The van der Waals surface area contributed by atoms with Gasteiger partial charge in [-0.3, -0.25) is 9.52 Å². The van der Waals surface area contributed by atoms with E-state index >= 15 is 0 Å². The number of aryl methyl sites for hydroxylation is 2. The average Bonchev–Trinajstić information content (AvgIpc) is 2.51. The third kappa shape index (κ3) is 3.88. The molecule has 3 rings (SSSR count). The standard InChI is InChI=1S/C19H22N2O3S2/c1-12-7-13(2)9-16(8-12)20-26(23,24)17-5-6-18-19(10-17)25-14(3)11-21(18)15(4)22/h5-10,14,20H,11H2,1-4H3. The van der Waals surface area contributed by atoms with E-state index < -0.39 is 10.0 Å². The summed E-state index contributed by atoms with van der Waals surface area (Å²) in [5, 5.41) is 0.205. The largest absolute Gasteiger partial charge is 0.310 e. The van der Waals surface area contributed by atoms with Crippen molar-refractivity contribution in [3.8, 4) is 0 Å². The summed E-state index contributed by atoms with van der Waals surface area (Å²) in [5.41, 5.74) is 3.31. The van der Waals surface area contributed by atoms with E-state index in [-0.39, 0.29) is 16.1 Å². The van der Waals surface area contributed by atoms with Gasteiger partial charge in [-0.05, 0) is 55.3 Å². The first-order valence-corrected chi connectivity index (χ1v) is 10.7. The fourth-order valence-corrected chi connectivity index (χ4v) is 5.43. The average molecular weight is 391 g/mol. The first-order valence-electron chi connectivity index (χ1n) is 8.35. The van der Waals surface area contributed by atoms with Crippen LogP contribution in [0.1, 0.15) is 25.0 Å². The maximum Gasteiger partial charge on any atom is 0.261 e. The van der Waals surface area contributed by atoms with Crippen LogP contribution in [0.3, 0.4) is 0 Å². The van der Waals surface area contributed by atoms with Crippen molar-refractivity contribution < 1.29 is 13.2 Å². The summed E-state index contributed by atoms with van der Waals surface area (Å²) in [4.78, 5) is 14.6. The lowest BCUT2D eigenvalue weighted by molar-refractivity contribution is -0.116. The second kappa shape index (κ2) is 6.96. The Labute approximate surface area is 158 Å². The number of amides is 1. The van der Waals surface area contributed by atoms with Crippen LogP contribution >= 0.6 is 11.8 Å². The van der Waals surface area contributed by atoms with Gasteiger partial charge in [-0.2, -0.15) is 0 Å². The van der Waals surface area contributed by atoms with Gasteiger partial charge in [-0.15, -0.1) is 11.8 Å². The van der Waals surface area contributed by atoms with E-state index in [1.54, 1.807) is 47.0 Å². The maximum atomic E-state index is 12.8. The van der Waals surface area contributed by atoms with Crippen molar-refractivity contribution in [2.75, 3.05) is 16.2 Å². The van der Waals surface area contributed by atoms with Crippen LogP contribution in [0.5, 0.6) is 0 Å². The van der Waals surface area contributed by atoms with Crippen molar-refractivity contribution in [1.29, 1.82) is 0 Å². The molecule has 2 aromatic rings. The Kier molecular flexibility index (Phi) is 5.03. The molecule has 138 valence electrons. The molecule has 1 aliphatic heterocycles. The minimum absolute atomic E-state index is 0.0395. The molecule has 1 amide bonds. The molecule has 0 aromatic heterocycles. The van der Waals surface area contributed by atoms with Gasteiger partial charge in [-0.1, -0.05) is 13.0 Å². The molecule has 0 bridgehead atoms. The normalized spacial score (nSPS) is 16.9. The Morgan fingerprint density at radius 3 is 2.42 bits per heavy atom. The molecule has 1 heterocycles. The van der Waals surface area contributed by atoms with Crippen LogP contribution in [0.25, 0.3) is 0 Å². The highest BCUT2D eigenvalue weighted by Crippen LogP contribution is 2.40. The molecular weight excluding hydrogens is 368 g/mol. The summed E-state index contributed by atoms with van der Waals surface area (Å²) >= 11 is 1.59. The van der Waals surface area contributed by atoms with Gasteiger partial charge in [0.15, 0.2) is 0 Å². The molecule has 0 saturated heterocycles. The fourth-order valence-electron chi connectivity index (χ4n) is 3.13. The van der Waals surface area contributed by atoms with Gasteiger partial charge in [0, 0.05) is 29.3 Å². The molecule has 1 aliphatic rings. The number of rotatable bonds is 3. The SMILES string of the molecule is CC(=O)N1CC(C)Sc2cc(S(=O)(=O)Nc3cc(C)cc(C)c3)ccc21. The van der Waals surface area contributed by atoms with Gasteiger partial charge < -0.3 is 4.90 Å². The molecule has 5 nitrogen and oxygen atoms in total. The minimum atomic E-state index is -3.70. The van der Waals surface area contributed by atoms with Gasteiger partial charge >= 0.3 is 0 Å². The van der Waals surface area contributed by atoms with Crippen LogP contribution in [0, 0.1) is 13.8 Å². The monoisotopic (exact) mass is 390 g/mol. The van der Waals surface area contributed by atoms with E-state index in [9.17, 15) is 13.2 Å². The third-order valence-corrected chi connectivity index (χ3v) is 6.67. The molecule has 0 aliphatic carbocycles. The Bertz CT molecular complexity index is 950. The summed E-state index contributed by atoms with van der Waals surface area (Å²) in [6, 6.07) is 10.5. The molecule has 1 N–H and O–H groups in total. The number of nitrogens with one attached hydrogen (secondary N) is 1. The highest BCUT2D eigenvalue weighted by atomic mass is 32.2. The van der Waals surface area contributed by atoms with E-state index in [2.05, 4.69) is 4.72 Å². The molecule has 0 radical (unpaired) electrons. The van der Waals surface area contributed by atoms with Crippen molar-refractivity contribution in [2.45, 2.75) is 42.7 Å². The van der Waals surface area contributed by atoms with E-state index in [1.165, 1.54) is 6.92 Å². The van der Waals surface area contributed by atoms with Gasteiger partial charge in [0.1, 0.15) is 0 Å². The van der Waals surface area contributed by atoms with Gasteiger partial charge in [0.2, 0.25) is 5.91 Å². The number of nitrogens with zero attached hydrogens (tertiary/aromatic N) is 1. The highest BCUT2D eigenvalue weighted by Gasteiger charge is 2.27. The Morgan fingerprint density at radius 1 is 1.15 bits per heavy atom. The number of anilines is 2. The smallest absolute Gasteiger partial charge is 0.261 e. The molecule has 1 atom stereocenters. The zero-order valence-electron chi connectivity index (χ0n) is 15.2. The number of hydrogen-bond donors (Lipinski definition) is 1. The van der Waals surface area contributed by atoms with E-state index in [0.29, 0.717) is 12.2 Å². The van der Waals surface area contributed by atoms with Crippen LogP contribution < -0.4 is 9.62 Å². The molecule has 0 spiro atoms. The van der Waals surface area contributed by atoms with Crippen LogP contribution in [0.4, 0.5) is 11.4 Å². The fraction of sp³-hybridized carbons (Fsp3) is 0.316. The minimum Gasteiger partial charge on any atom is -0.310 e. The molecule has 0 fully saturated rings. The molecule has 26 heavy (non-hydrogen) atoms. The lowest BCUT2D eigenvalue weighted by Gasteiger charge is -2.32. The van der Waals surface area contributed by atoms with Crippen LogP contribution in [-0.4, -0.2) is 26.1 Å². The summed E-state index contributed by atoms with van der Waals surface area (Å²) in [6.07, 6.45) is 0. The summed E-state index contributed by atoms with van der Waals surface area (Å²) in [7, 11) is -3.70. The van der Waals surface area contributed by atoms with Crippen molar-refractivity contribution in [2.24, 2.45) is 0 Å².